The first-order valence-corrected chi connectivity index (χ1v) is 6.21. The highest BCUT2D eigenvalue weighted by Crippen LogP contribution is 2.16. The number of nitrogens with zero attached hydrogens (tertiary/aromatic N) is 1. The molecule has 0 N–H and O–H groups in total. The van der Waals surface area contributed by atoms with Crippen LogP contribution in [0.4, 0.5) is 0 Å². The highest BCUT2D eigenvalue weighted by molar-refractivity contribution is 6.30. The van der Waals surface area contributed by atoms with E-state index in [1.54, 1.807) is 19.1 Å². The van der Waals surface area contributed by atoms with Crippen LogP contribution < -0.4 is 4.74 Å². The van der Waals surface area contributed by atoms with Crippen LogP contribution in [0.5, 0.6) is 5.75 Å². The van der Waals surface area contributed by atoms with Gasteiger partial charge < -0.3 is 14.3 Å². The van der Waals surface area contributed by atoms with Crippen molar-refractivity contribution in [3.63, 3.8) is 0 Å². The Morgan fingerprint density at radius 2 is 2.00 bits per heavy atom. The van der Waals surface area contributed by atoms with Crippen molar-refractivity contribution in [3.05, 3.63) is 29.3 Å². The number of oxime groups is 1. The molecule has 0 heterocycles. The smallest absolute Gasteiger partial charge is 0.222 e. The van der Waals surface area contributed by atoms with Gasteiger partial charge in [0.25, 0.3) is 0 Å². The minimum atomic E-state index is -0.107. The van der Waals surface area contributed by atoms with Gasteiger partial charge in [0, 0.05) is 11.9 Å². The predicted octanol–water partition coefficient (Wildman–Crippen LogP) is 3.49. The Morgan fingerprint density at radius 3 is 2.61 bits per heavy atom. The molecule has 0 saturated carbocycles. The second kappa shape index (κ2) is 7.82. The van der Waals surface area contributed by atoms with Crippen molar-refractivity contribution in [2.75, 3.05) is 13.2 Å². The van der Waals surface area contributed by atoms with E-state index >= 15 is 0 Å². The van der Waals surface area contributed by atoms with Gasteiger partial charge in [0.1, 0.15) is 11.9 Å². The maximum Gasteiger partial charge on any atom is 0.222 e. The van der Waals surface area contributed by atoms with Crippen LogP contribution in [0.1, 0.15) is 20.8 Å². The zero-order chi connectivity index (χ0) is 13.4. The summed E-state index contributed by atoms with van der Waals surface area (Å²) in [5.41, 5.74) is 0. The molecule has 1 unspecified atom stereocenters. The lowest BCUT2D eigenvalue weighted by atomic mass is 10.3. The van der Waals surface area contributed by atoms with Gasteiger partial charge in [-0.15, -0.1) is 0 Å². The molecule has 0 aliphatic carbocycles. The Balaban J connectivity index is 2.31. The van der Waals surface area contributed by atoms with E-state index in [0.717, 1.165) is 5.75 Å². The van der Waals surface area contributed by atoms with Crippen LogP contribution in [0.3, 0.4) is 0 Å². The topological polar surface area (TPSA) is 40.0 Å². The van der Waals surface area contributed by atoms with Gasteiger partial charge in [-0.05, 0) is 38.1 Å². The molecule has 0 saturated heterocycles. The Hall–Kier alpha value is -1.42. The lowest BCUT2D eigenvalue weighted by Gasteiger charge is -2.13. The summed E-state index contributed by atoms with van der Waals surface area (Å²) in [5, 5.41) is 4.49. The third-order valence-electron chi connectivity index (χ3n) is 2.01. The molecule has 0 bridgehead atoms. The van der Waals surface area contributed by atoms with Gasteiger partial charge in [-0.2, -0.15) is 0 Å². The van der Waals surface area contributed by atoms with E-state index < -0.39 is 0 Å². The van der Waals surface area contributed by atoms with Gasteiger partial charge >= 0.3 is 0 Å². The lowest BCUT2D eigenvalue weighted by Crippen LogP contribution is -2.18. The highest BCUT2D eigenvalue weighted by Gasteiger charge is 2.04. The van der Waals surface area contributed by atoms with Crippen molar-refractivity contribution in [1.29, 1.82) is 0 Å². The van der Waals surface area contributed by atoms with E-state index in [1.807, 2.05) is 26.0 Å². The molecule has 0 fully saturated rings. The minimum Gasteiger partial charge on any atom is -0.487 e. The Morgan fingerprint density at radius 1 is 1.33 bits per heavy atom. The number of hydrogen-bond acceptors (Lipinski definition) is 4. The van der Waals surface area contributed by atoms with E-state index in [0.29, 0.717) is 24.1 Å². The molecule has 1 rings (SSSR count). The monoisotopic (exact) mass is 271 g/mol. The molecule has 1 atom stereocenters. The normalized spacial score (nSPS) is 13.0. The fourth-order valence-corrected chi connectivity index (χ4v) is 1.37. The average Bonchev–Trinajstić information content (AvgIpc) is 2.32. The minimum absolute atomic E-state index is 0.107. The van der Waals surface area contributed by atoms with Gasteiger partial charge in [0.2, 0.25) is 5.90 Å². The van der Waals surface area contributed by atoms with Crippen molar-refractivity contribution in [2.45, 2.75) is 26.9 Å². The highest BCUT2D eigenvalue weighted by atomic mass is 35.5. The van der Waals surface area contributed by atoms with Gasteiger partial charge in [0.15, 0.2) is 6.61 Å². The fraction of sp³-hybridized carbons (Fsp3) is 0.462. The lowest BCUT2D eigenvalue weighted by molar-refractivity contribution is 0.0581. The summed E-state index contributed by atoms with van der Waals surface area (Å²) in [6.45, 7) is 6.47. The molecule has 0 aliphatic heterocycles. The summed E-state index contributed by atoms with van der Waals surface area (Å²) in [6, 6.07) is 7.19. The second-order valence-electron chi connectivity index (χ2n) is 3.72. The molecular formula is C13H18ClNO3. The standard InChI is InChI=1S/C13H18ClNO3/c1-4-16-11(3)15-17-9-10(2)18-13-7-5-12(14)6-8-13/h5-8,10H,4,9H2,1-3H3/b15-11-. The van der Waals surface area contributed by atoms with Crippen LogP contribution in [-0.4, -0.2) is 25.2 Å². The molecule has 0 radical (unpaired) electrons. The third-order valence-corrected chi connectivity index (χ3v) is 2.26. The summed E-state index contributed by atoms with van der Waals surface area (Å²) in [6.07, 6.45) is -0.107. The van der Waals surface area contributed by atoms with Crippen molar-refractivity contribution >= 4 is 17.5 Å². The average molecular weight is 272 g/mol. The van der Waals surface area contributed by atoms with Crippen LogP contribution in [0.25, 0.3) is 0 Å². The third kappa shape index (κ3) is 5.77. The van der Waals surface area contributed by atoms with Crippen molar-refractivity contribution in [3.8, 4) is 5.75 Å². The van der Waals surface area contributed by atoms with E-state index in [1.165, 1.54) is 0 Å². The maximum absolute atomic E-state index is 5.78. The number of halogens is 1. The first-order valence-electron chi connectivity index (χ1n) is 5.83. The van der Waals surface area contributed by atoms with Gasteiger partial charge in [-0.1, -0.05) is 16.8 Å². The molecule has 0 aliphatic rings. The molecular weight excluding hydrogens is 254 g/mol. The molecule has 4 nitrogen and oxygen atoms in total. The van der Waals surface area contributed by atoms with E-state index in [4.69, 9.17) is 25.9 Å². The second-order valence-corrected chi connectivity index (χ2v) is 4.16. The Labute approximate surface area is 112 Å². The number of benzene rings is 1. The van der Waals surface area contributed by atoms with E-state index in [-0.39, 0.29) is 6.10 Å². The van der Waals surface area contributed by atoms with E-state index in [9.17, 15) is 0 Å². The molecule has 18 heavy (non-hydrogen) atoms. The molecule has 0 aromatic heterocycles. The predicted molar refractivity (Wildman–Crippen MR) is 72.2 cm³/mol. The quantitative estimate of drug-likeness (QED) is 0.452. The number of ether oxygens (including phenoxy) is 2. The van der Waals surface area contributed by atoms with Crippen LogP contribution in [0.2, 0.25) is 5.02 Å². The number of hydrogen-bond donors (Lipinski definition) is 0. The Bertz CT molecular complexity index is 378. The van der Waals surface area contributed by atoms with E-state index in [2.05, 4.69) is 5.16 Å². The summed E-state index contributed by atoms with van der Waals surface area (Å²) >= 11 is 5.78. The molecule has 100 valence electrons. The van der Waals surface area contributed by atoms with Crippen molar-refractivity contribution in [1.82, 2.24) is 0 Å². The molecule has 1 aromatic rings. The van der Waals surface area contributed by atoms with Gasteiger partial charge in [-0.25, -0.2) is 0 Å². The molecule has 1 aromatic carbocycles. The van der Waals surface area contributed by atoms with Crippen LogP contribution in [0, 0.1) is 0 Å². The molecule has 0 amide bonds. The first-order chi connectivity index (χ1) is 8.61. The molecule has 5 heteroatoms. The van der Waals surface area contributed by atoms with Gasteiger partial charge in [-0.3, -0.25) is 0 Å². The number of rotatable bonds is 6. The first kappa shape index (κ1) is 14.6. The van der Waals surface area contributed by atoms with Crippen molar-refractivity contribution in [2.24, 2.45) is 5.16 Å². The zero-order valence-corrected chi connectivity index (χ0v) is 11.6. The zero-order valence-electron chi connectivity index (χ0n) is 10.9. The van der Waals surface area contributed by atoms with Gasteiger partial charge in [0.05, 0.1) is 6.61 Å². The Kier molecular flexibility index (Phi) is 6.36. The largest absolute Gasteiger partial charge is 0.487 e. The maximum atomic E-state index is 5.78. The summed E-state index contributed by atoms with van der Waals surface area (Å²) < 4.78 is 10.7. The van der Waals surface area contributed by atoms with Crippen LogP contribution in [-0.2, 0) is 9.57 Å². The van der Waals surface area contributed by atoms with Crippen LogP contribution in [0.15, 0.2) is 29.4 Å². The molecule has 0 spiro atoms. The summed E-state index contributed by atoms with van der Waals surface area (Å²) in [5.74, 6) is 1.26. The van der Waals surface area contributed by atoms with Crippen molar-refractivity contribution < 1.29 is 14.3 Å². The SMILES string of the molecule is CCO/C(C)=N\OCC(C)Oc1ccc(Cl)cc1. The fourth-order valence-electron chi connectivity index (χ4n) is 1.25. The summed E-state index contributed by atoms with van der Waals surface area (Å²) in [4.78, 5) is 5.12. The summed E-state index contributed by atoms with van der Waals surface area (Å²) in [7, 11) is 0. The van der Waals surface area contributed by atoms with Crippen LogP contribution >= 0.6 is 11.6 Å².